The summed E-state index contributed by atoms with van der Waals surface area (Å²) < 4.78 is 0. The van der Waals surface area contributed by atoms with Crippen LogP contribution in [-0.2, 0) is 0 Å². The van der Waals surface area contributed by atoms with Crippen LogP contribution in [0.1, 0.15) is 12.5 Å². The van der Waals surface area contributed by atoms with E-state index in [2.05, 4.69) is 57.4 Å². The summed E-state index contributed by atoms with van der Waals surface area (Å²) in [7, 11) is 0. The Kier molecular flexibility index (Phi) is 4.74. The molecule has 118 valence electrons. The highest BCUT2D eigenvalue weighted by Gasteiger charge is 2.15. The average molecular weight is 307 g/mol. The Morgan fingerprint density at radius 1 is 1.09 bits per heavy atom. The van der Waals surface area contributed by atoms with E-state index < -0.39 is 0 Å². The molecule has 1 aliphatic heterocycles. The third-order valence-corrected chi connectivity index (χ3v) is 4.22. The van der Waals surface area contributed by atoms with E-state index in [9.17, 15) is 0 Å². The molecule has 0 saturated carbocycles. The van der Waals surface area contributed by atoms with Gasteiger partial charge in [-0.25, -0.2) is 4.98 Å². The molecule has 0 atom stereocenters. The van der Waals surface area contributed by atoms with Crippen LogP contribution >= 0.6 is 0 Å². The van der Waals surface area contributed by atoms with Crippen LogP contribution in [0.15, 0.2) is 42.6 Å². The number of nitrogens with one attached hydrogen (secondary N) is 1. The van der Waals surface area contributed by atoms with Crippen molar-refractivity contribution in [3.63, 3.8) is 0 Å². The normalized spacial score (nSPS) is 15.2. The molecule has 0 bridgehead atoms. The lowest BCUT2D eigenvalue weighted by atomic mass is 10.2. The van der Waals surface area contributed by atoms with Gasteiger partial charge in [0.1, 0.15) is 11.9 Å². The highest BCUT2D eigenvalue weighted by molar-refractivity contribution is 5.61. The van der Waals surface area contributed by atoms with Crippen LogP contribution in [0.25, 0.3) is 0 Å². The zero-order valence-electron chi connectivity index (χ0n) is 13.4. The molecule has 1 aliphatic rings. The number of pyridine rings is 1. The lowest BCUT2D eigenvalue weighted by molar-refractivity contribution is 0.271. The van der Waals surface area contributed by atoms with E-state index in [0.29, 0.717) is 5.56 Å². The first-order valence-corrected chi connectivity index (χ1v) is 7.99. The van der Waals surface area contributed by atoms with Crippen molar-refractivity contribution >= 4 is 17.2 Å². The van der Waals surface area contributed by atoms with Crippen LogP contribution in [-0.4, -0.2) is 42.6 Å². The summed E-state index contributed by atoms with van der Waals surface area (Å²) in [6.07, 6.45) is 1.57. The SMILES string of the molecule is CCN1CCN(c2ccc(Nc3ccc(C#N)cn3)cc2)CC1. The standard InChI is InChI=1S/C18H21N5/c1-2-22-9-11-23(12-10-22)17-6-4-16(5-7-17)21-18-8-3-15(13-19)14-20-18/h3-8,14H,2,9-12H2,1H3,(H,20,21). The Morgan fingerprint density at radius 2 is 1.83 bits per heavy atom. The smallest absolute Gasteiger partial charge is 0.130 e. The maximum atomic E-state index is 8.79. The fraction of sp³-hybridized carbons (Fsp3) is 0.333. The molecule has 1 aromatic heterocycles. The molecule has 3 rings (SSSR count). The lowest BCUT2D eigenvalue weighted by Gasteiger charge is -2.35. The topological polar surface area (TPSA) is 55.2 Å². The molecule has 2 aromatic rings. The number of hydrogen-bond acceptors (Lipinski definition) is 5. The number of nitrogens with zero attached hydrogens (tertiary/aromatic N) is 4. The largest absolute Gasteiger partial charge is 0.369 e. The van der Waals surface area contributed by atoms with Gasteiger partial charge in [0, 0.05) is 43.8 Å². The van der Waals surface area contributed by atoms with Gasteiger partial charge in [0.2, 0.25) is 0 Å². The maximum Gasteiger partial charge on any atom is 0.130 e. The van der Waals surface area contributed by atoms with Crippen molar-refractivity contribution in [1.29, 1.82) is 5.26 Å². The van der Waals surface area contributed by atoms with E-state index >= 15 is 0 Å². The number of piperazine rings is 1. The van der Waals surface area contributed by atoms with Crippen LogP contribution in [0.4, 0.5) is 17.2 Å². The third kappa shape index (κ3) is 3.79. The summed E-state index contributed by atoms with van der Waals surface area (Å²) in [6, 6.07) is 14.1. The van der Waals surface area contributed by atoms with Gasteiger partial charge in [-0.2, -0.15) is 5.26 Å². The summed E-state index contributed by atoms with van der Waals surface area (Å²) in [5, 5.41) is 12.0. The zero-order valence-corrected chi connectivity index (χ0v) is 13.4. The highest BCUT2D eigenvalue weighted by atomic mass is 15.3. The monoisotopic (exact) mass is 307 g/mol. The number of nitriles is 1. The molecule has 5 nitrogen and oxygen atoms in total. The third-order valence-electron chi connectivity index (χ3n) is 4.22. The lowest BCUT2D eigenvalue weighted by Crippen LogP contribution is -2.46. The van der Waals surface area contributed by atoms with Crippen LogP contribution in [0.5, 0.6) is 0 Å². The number of likely N-dealkylation sites (N-methyl/N-ethyl adjacent to an activating group) is 1. The average Bonchev–Trinajstić information content (AvgIpc) is 2.63. The van der Waals surface area contributed by atoms with Gasteiger partial charge in [0.15, 0.2) is 0 Å². The number of benzene rings is 1. The first-order chi connectivity index (χ1) is 11.3. The van der Waals surface area contributed by atoms with E-state index in [0.717, 1.165) is 44.2 Å². The van der Waals surface area contributed by atoms with Gasteiger partial charge in [0.25, 0.3) is 0 Å². The Balaban J connectivity index is 1.62. The van der Waals surface area contributed by atoms with Gasteiger partial charge in [-0.3, -0.25) is 0 Å². The Labute approximate surface area is 137 Å². The molecular weight excluding hydrogens is 286 g/mol. The summed E-state index contributed by atoms with van der Waals surface area (Å²) in [5.74, 6) is 0.744. The van der Waals surface area contributed by atoms with Crippen molar-refractivity contribution in [2.75, 3.05) is 42.9 Å². The Morgan fingerprint density at radius 3 is 2.39 bits per heavy atom. The second-order valence-corrected chi connectivity index (χ2v) is 5.64. The van der Waals surface area contributed by atoms with Crippen LogP contribution < -0.4 is 10.2 Å². The molecule has 0 unspecified atom stereocenters. The Hall–Kier alpha value is -2.58. The van der Waals surface area contributed by atoms with E-state index in [1.54, 1.807) is 12.3 Å². The second kappa shape index (κ2) is 7.12. The van der Waals surface area contributed by atoms with Crippen LogP contribution in [0, 0.1) is 11.3 Å². The molecule has 1 N–H and O–H groups in total. The van der Waals surface area contributed by atoms with Gasteiger partial charge in [-0.15, -0.1) is 0 Å². The molecule has 0 amide bonds. The molecular formula is C18H21N5. The van der Waals surface area contributed by atoms with Crippen molar-refractivity contribution in [2.24, 2.45) is 0 Å². The fourth-order valence-corrected chi connectivity index (χ4v) is 2.76. The molecule has 23 heavy (non-hydrogen) atoms. The quantitative estimate of drug-likeness (QED) is 0.941. The van der Waals surface area contributed by atoms with Gasteiger partial charge in [-0.1, -0.05) is 6.92 Å². The van der Waals surface area contributed by atoms with Gasteiger partial charge >= 0.3 is 0 Å². The summed E-state index contributed by atoms with van der Waals surface area (Å²) in [5.41, 5.74) is 2.83. The summed E-state index contributed by atoms with van der Waals surface area (Å²) >= 11 is 0. The van der Waals surface area contributed by atoms with Crippen molar-refractivity contribution < 1.29 is 0 Å². The van der Waals surface area contributed by atoms with Crippen molar-refractivity contribution in [2.45, 2.75) is 6.92 Å². The fourth-order valence-electron chi connectivity index (χ4n) is 2.76. The van der Waals surface area contributed by atoms with Crippen molar-refractivity contribution in [3.05, 3.63) is 48.2 Å². The molecule has 0 radical (unpaired) electrons. The van der Waals surface area contributed by atoms with Crippen LogP contribution in [0.3, 0.4) is 0 Å². The molecule has 1 aromatic carbocycles. The van der Waals surface area contributed by atoms with E-state index in [1.165, 1.54) is 5.69 Å². The Bertz CT molecular complexity index is 664. The zero-order chi connectivity index (χ0) is 16.1. The maximum absolute atomic E-state index is 8.79. The number of aromatic nitrogens is 1. The molecule has 2 heterocycles. The predicted molar refractivity (Wildman–Crippen MR) is 93.0 cm³/mol. The molecule has 1 fully saturated rings. The van der Waals surface area contributed by atoms with E-state index in [4.69, 9.17) is 5.26 Å². The number of anilines is 3. The first-order valence-electron chi connectivity index (χ1n) is 7.99. The van der Waals surface area contributed by atoms with E-state index in [1.807, 2.05) is 6.07 Å². The van der Waals surface area contributed by atoms with Gasteiger partial charge < -0.3 is 15.1 Å². The summed E-state index contributed by atoms with van der Waals surface area (Å²) in [4.78, 5) is 9.13. The van der Waals surface area contributed by atoms with E-state index in [-0.39, 0.29) is 0 Å². The second-order valence-electron chi connectivity index (χ2n) is 5.64. The minimum atomic E-state index is 0.567. The van der Waals surface area contributed by atoms with Gasteiger partial charge in [0.05, 0.1) is 5.56 Å². The van der Waals surface area contributed by atoms with Crippen molar-refractivity contribution in [1.82, 2.24) is 9.88 Å². The van der Waals surface area contributed by atoms with Gasteiger partial charge in [-0.05, 0) is 42.9 Å². The number of hydrogen-bond donors (Lipinski definition) is 1. The predicted octanol–water partition coefficient (Wildman–Crippen LogP) is 2.84. The molecule has 0 spiro atoms. The first kappa shape index (κ1) is 15.3. The summed E-state index contributed by atoms with van der Waals surface area (Å²) in [6.45, 7) is 7.77. The molecule has 5 heteroatoms. The highest BCUT2D eigenvalue weighted by Crippen LogP contribution is 2.21. The van der Waals surface area contributed by atoms with Crippen molar-refractivity contribution in [3.8, 4) is 6.07 Å². The minimum Gasteiger partial charge on any atom is -0.369 e. The number of rotatable bonds is 4. The molecule has 1 saturated heterocycles. The molecule has 0 aliphatic carbocycles. The van der Waals surface area contributed by atoms with Crippen LogP contribution in [0.2, 0.25) is 0 Å². The minimum absolute atomic E-state index is 0.567.